The molecule has 1 amide bonds. The van der Waals surface area contributed by atoms with E-state index >= 15 is 0 Å². The van der Waals surface area contributed by atoms with E-state index in [1.54, 1.807) is 19.1 Å². The van der Waals surface area contributed by atoms with Crippen molar-refractivity contribution in [1.29, 1.82) is 0 Å². The van der Waals surface area contributed by atoms with Gasteiger partial charge in [-0.15, -0.1) is 0 Å². The van der Waals surface area contributed by atoms with Gasteiger partial charge in [0.1, 0.15) is 18.1 Å². The van der Waals surface area contributed by atoms with Crippen molar-refractivity contribution in [3.63, 3.8) is 0 Å². The summed E-state index contributed by atoms with van der Waals surface area (Å²) in [6.07, 6.45) is 4.14. The Kier molecular flexibility index (Phi) is 4.83. The van der Waals surface area contributed by atoms with Crippen molar-refractivity contribution in [1.82, 2.24) is 14.5 Å². The molecule has 26 heavy (non-hydrogen) atoms. The van der Waals surface area contributed by atoms with E-state index in [9.17, 15) is 18.8 Å². The molecule has 0 spiro atoms. The molecule has 0 atom stereocenters. The Morgan fingerprint density at radius 1 is 1.19 bits per heavy atom. The van der Waals surface area contributed by atoms with E-state index in [-0.39, 0.29) is 18.8 Å². The first-order valence-electron chi connectivity index (χ1n) is 7.83. The van der Waals surface area contributed by atoms with E-state index in [1.165, 1.54) is 36.9 Å². The molecule has 0 saturated carbocycles. The van der Waals surface area contributed by atoms with Crippen LogP contribution in [0, 0.1) is 12.7 Å². The predicted molar refractivity (Wildman–Crippen MR) is 91.5 cm³/mol. The van der Waals surface area contributed by atoms with Gasteiger partial charge in [-0.1, -0.05) is 6.07 Å². The van der Waals surface area contributed by atoms with Crippen LogP contribution in [0.1, 0.15) is 11.3 Å². The highest BCUT2D eigenvalue weighted by molar-refractivity contribution is 5.75. The maximum absolute atomic E-state index is 13.5. The number of nitrogens with zero attached hydrogens (tertiary/aromatic N) is 2. The number of carbonyl (C=O) groups excluding carboxylic acids is 1. The average Bonchev–Trinajstić information content (AvgIpc) is 3.13. The lowest BCUT2D eigenvalue weighted by atomic mass is 10.2. The van der Waals surface area contributed by atoms with E-state index in [0.29, 0.717) is 11.3 Å². The monoisotopic (exact) mass is 357 g/mol. The van der Waals surface area contributed by atoms with Crippen LogP contribution in [0.3, 0.4) is 0 Å². The number of rotatable bonds is 5. The zero-order valence-corrected chi connectivity index (χ0v) is 13.9. The van der Waals surface area contributed by atoms with Crippen LogP contribution in [0.4, 0.5) is 4.39 Å². The molecule has 0 bridgehead atoms. The number of hydrogen-bond donors (Lipinski definition) is 1. The molecule has 0 aliphatic carbocycles. The van der Waals surface area contributed by atoms with Crippen molar-refractivity contribution in [2.24, 2.45) is 0 Å². The van der Waals surface area contributed by atoms with E-state index in [0.717, 1.165) is 9.13 Å². The maximum Gasteiger partial charge on any atom is 0.320 e. The molecule has 0 aliphatic heterocycles. The molecule has 0 radical (unpaired) electrons. The summed E-state index contributed by atoms with van der Waals surface area (Å²) in [6, 6.07) is 7.37. The molecule has 8 heteroatoms. The molecule has 0 saturated heterocycles. The molecule has 7 nitrogen and oxygen atoms in total. The second-order valence-electron chi connectivity index (χ2n) is 5.69. The Morgan fingerprint density at radius 3 is 2.73 bits per heavy atom. The van der Waals surface area contributed by atoms with Crippen LogP contribution in [0.25, 0.3) is 5.69 Å². The minimum absolute atomic E-state index is 0.181. The van der Waals surface area contributed by atoms with Crippen molar-refractivity contribution in [2.45, 2.75) is 20.0 Å². The Balaban J connectivity index is 1.81. The molecule has 3 rings (SSSR count). The topological polar surface area (TPSA) is 86.2 Å². The molecular weight excluding hydrogens is 341 g/mol. The third kappa shape index (κ3) is 3.64. The normalized spacial score (nSPS) is 10.7. The lowest BCUT2D eigenvalue weighted by molar-refractivity contribution is -0.122. The van der Waals surface area contributed by atoms with Crippen molar-refractivity contribution < 1.29 is 13.6 Å². The maximum atomic E-state index is 13.5. The quantitative estimate of drug-likeness (QED) is 0.699. The minimum atomic E-state index is -0.871. The molecule has 134 valence electrons. The van der Waals surface area contributed by atoms with Gasteiger partial charge >= 0.3 is 11.1 Å². The third-order valence-electron chi connectivity index (χ3n) is 3.84. The molecule has 0 aliphatic rings. The summed E-state index contributed by atoms with van der Waals surface area (Å²) in [6.45, 7) is 1.58. The summed E-state index contributed by atoms with van der Waals surface area (Å²) < 4.78 is 20.6. The Morgan fingerprint density at radius 2 is 2.00 bits per heavy atom. The summed E-state index contributed by atoms with van der Waals surface area (Å²) in [7, 11) is 0. The Bertz CT molecular complexity index is 1050. The lowest BCUT2D eigenvalue weighted by Gasteiger charge is -2.11. The average molecular weight is 357 g/mol. The second-order valence-corrected chi connectivity index (χ2v) is 5.69. The SMILES string of the molecule is Cc1ccc(F)cc1-n1ccn(CC(=O)NCc2ccco2)c(=O)c1=O. The number of amides is 1. The summed E-state index contributed by atoms with van der Waals surface area (Å²) >= 11 is 0. The van der Waals surface area contributed by atoms with Gasteiger partial charge in [-0.25, -0.2) is 4.39 Å². The van der Waals surface area contributed by atoms with Crippen molar-refractivity contribution >= 4 is 5.91 Å². The Hall–Kier alpha value is -3.42. The van der Waals surface area contributed by atoms with Gasteiger partial charge in [-0.05, 0) is 36.8 Å². The van der Waals surface area contributed by atoms with Gasteiger partial charge in [0.15, 0.2) is 0 Å². The minimum Gasteiger partial charge on any atom is -0.467 e. The largest absolute Gasteiger partial charge is 0.467 e. The van der Waals surface area contributed by atoms with Gasteiger partial charge in [-0.2, -0.15) is 0 Å². The fourth-order valence-electron chi connectivity index (χ4n) is 2.47. The van der Waals surface area contributed by atoms with Gasteiger partial charge in [-0.3, -0.25) is 23.5 Å². The van der Waals surface area contributed by atoms with Crippen LogP contribution < -0.4 is 16.4 Å². The lowest BCUT2D eigenvalue weighted by Crippen LogP contribution is -2.42. The highest BCUT2D eigenvalue weighted by Crippen LogP contribution is 2.13. The fourth-order valence-corrected chi connectivity index (χ4v) is 2.47. The molecule has 1 N–H and O–H groups in total. The zero-order valence-electron chi connectivity index (χ0n) is 13.9. The highest BCUT2D eigenvalue weighted by atomic mass is 19.1. The molecule has 2 aromatic heterocycles. The van der Waals surface area contributed by atoms with Crippen LogP contribution in [0.5, 0.6) is 0 Å². The number of carbonyl (C=O) groups is 1. The first-order valence-corrected chi connectivity index (χ1v) is 7.83. The molecule has 3 aromatic rings. The smallest absolute Gasteiger partial charge is 0.320 e. The first kappa shape index (κ1) is 17.4. The number of furan rings is 1. The van der Waals surface area contributed by atoms with Crippen LogP contribution in [0.2, 0.25) is 0 Å². The molecular formula is C18H16FN3O4. The number of nitrogens with one attached hydrogen (secondary N) is 1. The summed E-state index contributed by atoms with van der Waals surface area (Å²) in [5.74, 6) is -0.385. The van der Waals surface area contributed by atoms with Gasteiger partial charge in [0.2, 0.25) is 5.91 Å². The Labute approximate surface area is 147 Å². The van der Waals surface area contributed by atoms with Crippen LogP contribution in [-0.4, -0.2) is 15.0 Å². The standard InChI is InChI=1S/C18H16FN3O4/c1-12-4-5-13(19)9-15(12)22-7-6-21(17(24)18(22)25)11-16(23)20-10-14-3-2-8-26-14/h2-9H,10-11H2,1H3,(H,20,23). The van der Waals surface area contributed by atoms with Crippen molar-refractivity contribution in [3.05, 3.63) is 86.8 Å². The second kappa shape index (κ2) is 7.22. The third-order valence-corrected chi connectivity index (χ3v) is 3.84. The van der Waals surface area contributed by atoms with Crippen molar-refractivity contribution in [3.8, 4) is 5.69 Å². The summed E-state index contributed by atoms with van der Waals surface area (Å²) in [5.41, 5.74) is -0.812. The number of aromatic nitrogens is 2. The first-order chi connectivity index (χ1) is 12.5. The van der Waals surface area contributed by atoms with Gasteiger partial charge in [0, 0.05) is 12.4 Å². The number of hydrogen-bond acceptors (Lipinski definition) is 4. The molecule has 0 unspecified atom stereocenters. The molecule has 0 fully saturated rings. The number of halogens is 1. The number of benzene rings is 1. The zero-order chi connectivity index (χ0) is 18.7. The van der Waals surface area contributed by atoms with E-state index < -0.39 is 22.8 Å². The van der Waals surface area contributed by atoms with E-state index in [4.69, 9.17) is 4.42 Å². The summed E-state index contributed by atoms with van der Waals surface area (Å²) in [4.78, 5) is 36.6. The highest BCUT2D eigenvalue weighted by Gasteiger charge is 2.12. The van der Waals surface area contributed by atoms with E-state index in [1.807, 2.05) is 0 Å². The van der Waals surface area contributed by atoms with E-state index in [2.05, 4.69) is 5.32 Å². The predicted octanol–water partition coefficient (Wildman–Crippen LogP) is 1.36. The van der Waals surface area contributed by atoms with Gasteiger partial charge in [0.25, 0.3) is 0 Å². The molecule has 1 aromatic carbocycles. The van der Waals surface area contributed by atoms with Gasteiger partial charge in [0.05, 0.1) is 18.5 Å². The molecule has 2 heterocycles. The summed E-state index contributed by atoms with van der Waals surface area (Å²) in [5, 5.41) is 2.59. The fraction of sp³-hybridized carbons (Fsp3) is 0.167. The van der Waals surface area contributed by atoms with Crippen LogP contribution in [0.15, 0.2) is 63.0 Å². The van der Waals surface area contributed by atoms with Crippen LogP contribution >= 0.6 is 0 Å². The number of aryl methyl sites for hydroxylation is 1. The van der Waals surface area contributed by atoms with Crippen LogP contribution in [-0.2, 0) is 17.9 Å². The van der Waals surface area contributed by atoms with Gasteiger partial charge < -0.3 is 9.73 Å². The van der Waals surface area contributed by atoms with Crippen molar-refractivity contribution in [2.75, 3.05) is 0 Å².